The van der Waals surface area contributed by atoms with Crippen LogP contribution in [-0.2, 0) is 6.42 Å². The Morgan fingerprint density at radius 3 is 2.55 bits per heavy atom. The molecule has 0 amide bonds. The molecule has 1 aromatic carbocycles. The van der Waals surface area contributed by atoms with Crippen molar-refractivity contribution < 1.29 is 0 Å². The third-order valence-corrected chi connectivity index (χ3v) is 5.04. The smallest absolute Gasteiger partial charge is 0.174 e. The summed E-state index contributed by atoms with van der Waals surface area (Å²) in [5.74, 6) is 1.67. The van der Waals surface area contributed by atoms with E-state index < -0.39 is 0 Å². The van der Waals surface area contributed by atoms with Crippen molar-refractivity contribution >= 4 is 23.1 Å². The van der Waals surface area contributed by atoms with Crippen LogP contribution in [0, 0.1) is 5.92 Å². The van der Waals surface area contributed by atoms with Crippen molar-refractivity contribution in [2.45, 2.75) is 30.6 Å². The van der Waals surface area contributed by atoms with Gasteiger partial charge in [0.2, 0.25) is 0 Å². The van der Waals surface area contributed by atoms with Gasteiger partial charge in [-0.15, -0.1) is 10.2 Å². The molecule has 0 aliphatic carbocycles. The molecule has 1 atom stereocenters. The van der Waals surface area contributed by atoms with Gasteiger partial charge in [0.25, 0.3) is 0 Å². The molecule has 1 N–H and O–H groups in total. The van der Waals surface area contributed by atoms with Crippen molar-refractivity contribution in [3.63, 3.8) is 0 Å². The summed E-state index contributed by atoms with van der Waals surface area (Å²) >= 11 is 3.34. The number of benzene rings is 1. The molecule has 0 saturated heterocycles. The summed E-state index contributed by atoms with van der Waals surface area (Å²) in [6.07, 6.45) is 1.14. The second-order valence-corrected chi connectivity index (χ2v) is 7.30. The zero-order chi connectivity index (χ0) is 14.4. The number of nitrogens with zero attached hydrogens (tertiary/aromatic N) is 2. The molecule has 20 heavy (non-hydrogen) atoms. The second kappa shape index (κ2) is 7.76. The molecule has 0 radical (unpaired) electrons. The summed E-state index contributed by atoms with van der Waals surface area (Å²) in [6, 6.07) is 9.31. The minimum Gasteiger partial charge on any atom is -0.312 e. The molecule has 2 rings (SSSR count). The molecule has 3 nitrogen and oxygen atoms in total. The first-order valence-electron chi connectivity index (χ1n) is 6.84. The van der Waals surface area contributed by atoms with E-state index in [4.69, 9.17) is 0 Å². The Labute approximate surface area is 129 Å². The fourth-order valence-electron chi connectivity index (χ4n) is 2.08. The maximum Gasteiger partial charge on any atom is 0.174 e. The van der Waals surface area contributed by atoms with E-state index in [0.717, 1.165) is 16.5 Å². The molecule has 1 heterocycles. The van der Waals surface area contributed by atoms with Crippen molar-refractivity contribution in [2.24, 2.45) is 5.92 Å². The van der Waals surface area contributed by atoms with Crippen molar-refractivity contribution in [2.75, 3.05) is 12.8 Å². The monoisotopic (exact) mass is 307 g/mol. The van der Waals surface area contributed by atoms with Crippen LogP contribution in [0.3, 0.4) is 0 Å². The van der Waals surface area contributed by atoms with Crippen molar-refractivity contribution in [3.05, 3.63) is 40.9 Å². The van der Waals surface area contributed by atoms with Gasteiger partial charge in [0.1, 0.15) is 5.51 Å². The van der Waals surface area contributed by atoms with Gasteiger partial charge in [0, 0.05) is 11.8 Å². The average Bonchev–Trinajstić information content (AvgIpc) is 2.94. The molecule has 0 spiro atoms. The summed E-state index contributed by atoms with van der Waals surface area (Å²) in [7, 11) is 2.01. The number of hydrogen-bond acceptors (Lipinski definition) is 5. The van der Waals surface area contributed by atoms with E-state index >= 15 is 0 Å². The molecular formula is C15H21N3S2. The Balaban J connectivity index is 1.96. The zero-order valence-corrected chi connectivity index (χ0v) is 13.8. The largest absolute Gasteiger partial charge is 0.312 e. The molecule has 0 aliphatic heterocycles. The number of hydrogen-bond donors (Lipinski definition) is 1. The minimum absolute atomic E-state index is 0.344. The van der Waals surface area contributed by atoms with E-state index in [2.05, 4.69) is 53.6 Å². The van der Waals surface area contributed by atoms with Gasteiger partial charge in [-0.1, -0.05) is 61.2 Å². The Morgan fingerprint density at radius 1 is 1.25 bits per heavy atom. The summed E-state index contributed by atoms with van der Waals surface area (Å²) in [4.78, 5) is 0. The van der Waals surface area contributed by atoms with Gasteiger partial charge >= 0.3 is 0 Å². The van der Waals surface area contributed by atoms with Gasteiger partial charge in [0.05, 0.1) is 0 Å². The van der Waals surface area contributed by atoms with Crippen molar-refractivity contribution in [1.82, 2.24) is 15.5 Å². The molecule has 1 aromatic heterocycles. The molecule has 0 saturated carbocycles. The molecule has 0 fully saturated rings. The summed E-state index contributed by atoms with van der Waals surface area (Å²) in [5.41, 5.74) is 4.52. The minimum atomic E-state index is 0.344. The molecule has 0 bridgehead atoms. The number of aromatic nitrogens is 2. The fourth-order valence-corrected chi connectivity index (χ4v) is 3.74. The van der Waals surface area contributed by atoms with Gasteiger partial charge in [0.15, 0.2) is 4.34 Å². The van der Waals surface area contributed by atoms with E-state index in [-0.39, 0.29) is 0 Å². The van der Waals surface area contributed by atoms with Crippen LogP contribution in [0.5, 0.6) is 0 Å². The molecule has 1 unspecified atom stereocenters. The highest BCUT2D eigenvalue weighted by Gasteiger charge is 2.11. The normalized spacial score (nSPS) is 12.8. The van der Waals surface area contributed by atoms with Gasteiger partial charge in [-0.2, -0.15) is 0 Å². The van der Waals surface area contributed by atoms with Crippen LogP contribution in [0.4, 0.5) is 0 Å². The third-order valence-electron chi connectivity index (χ3n) is 3.09. The summed E-state index contributed by atoms with van der Waals surface area (Å²) < 4.78 is 1.03. The van der Waals surface area contributed by atoms with Crippen LogP contribution in [0.1, 0.15) is 31.0 Å². The van der Waals surface area contributed by atoms with Crippen LogP contribution < -0.4 is 5.32 Å². The molecule has 108 valence electrons. The lowest BCUT2D eigenvalue weighted by atomic mass is 10.00. The molecular weight excluding hydrogens is 286 g/mol. The summed E-state index contributed by atoms with van der Waals surface area (Å²) in [6.45, 7) is 4.51. The molecule has 0 aliphatic rings. The standard InChI is InChI=1S/C15H21N3S2/c1-11(2)8-12-4-6-13(7-5-12)14(16-3)9-19-15-18-17-10-20-15/h4-7,10-11,14,16H,8-9H2,1-3H3. The first-order chi connectivity index (χ1) is 9.69. The van der Waals surface area contributed by atoms with E-state index in [1.165, 1.54) is 11.1 Å². The lowest BCUT2D eigenvalue weighted by Gasteiger charge is -2.16. The Hall–Kier alpha value is -0.910. The van der Waals surface area contributed by atoms with E-state index in [1.54, 1.807) is 28.6 Å². The van der Waals surface area contributed by atoms with Crippen LogP contribution in [-0.4, -0.2) is 23.0 Å². The predicted octanol–water partition coefficient (Wildman–Crippen LogP) is 3.79. The highest BCUT2D eigenvalue weighted by molar-refractivity contribution is 8.01. The average molecular weight is 307 g/mol. The number of rotatable bonds is 7. The highest BCUT2D eigenvalue weighted by atomic mass is 32.2. The van der Waals surface area contributed by atoms with Gasteiger partial charge in [-0.25, -0.2) is 0 Å². The first kappa shape index (κ1) is 15.5. The Bertz CT molecular complexity index is 494. The molecule has 2 aromatic rings. The van der Waals surface area contributed by atoms with Crippen LogP contribution >= 0.6 is 23.1 Å². The maximum atomic E-state index is 4.07. The number of thioether (sulfide) groups is 1. The van der Waals surface area contributed by atoms with E-state index in [0.29, 0.717) is 12.0 Å². The van der Waals surface area contributed by atoms with Gasteiger partial charge in [-0.05, 0) is 30.5 Å². The Kier molecular flexibility index (Phi) is 6.01. The zero-order valence-electron chi connectivity index (χ0n) is 12.2. The molecule has 5 heteroatoms. The quantitative estimate of drug-likeness (QED) is 0.790. The number of nitrogens with one attached hydrogen (secondary N) is 1. The van der Waals surface area contributed by atoms with E-state index in [9.17, 15) is 0 Å². The van der Waals surface area contributed by atoms with E-state index in [1.807, 2.05) is 7.05 Å². The Morgan fingerprint density at radius 2 is 2.00 bits per heavy atom. The lowest BCUT2D eigenvalue weighted by molar-refractivity contribution is 0.643. The van der Waals surface area contributed by atoms with Crippen LogP contribution in [0.15, 0.2) is 34.1 Å². The van der Waals surface area contributed by atoms with Crippen molar-refractivity contribution in [3.8, 4) is 0 Å². The first-order valence-corrected chi connectivity index (χ1v) is 8.70. The van der Waals surface area contributed by atoms with Crippen molar-refractivity contribution in [1.29, 1.82) is 0 Å². The highest BCUT2D eigenvalue weighted by Crippen LogP contribution is 2.25. The fraction of sp³-hybridized carbons (Fsp3) is 0.467. The van der Waals surface area contributed by atoms with Gasteiger partial charge < -0.3 is 5.32 Å². The third kappa shape index (κ3) is 4.58. The SMILES string of the molecule is CNC(CSc1nncs1)c1ccc(CC(C)C)cc1. The topological polar surface area (TPSA) is 37.8 Å². The summed E-state index contributed by atoms with van der Waals surface area (Å²) in [5, 5.41) is 11.3. The van der Waals surface area contributed by atoms with Crippen LogP contribution in [0.2, 0.25) is 0 Å². The van der Waals surface area contributed by atoms with Crippen LogP contribution in [0.25, 0.3) is 0 Å². The second-order valence-electron chi connectivity index (χ2n) is 5.20. The maximum absolute atomic E-state index is 4.07. The predicted molar refractivity (Wildman–Crippen MR) is 87.4 cm³/mol. The lowest BCUT2D eigenvalue weighted by Crippen LogP contribution is -2.18. The van der Waals surface area contributed by atoms with Gasteiger partial charge in [-0.3, -0.25) is 0 Å².